The van der Waals surface area contributed by atoms with E-state index in [9.17, 15) is 9.90 Å². The molecule has 6 heteroatoms. The van der Waals surface area contributed by atoms with E-state index >= 15 is 0 Å². The predicted molar refractivity (Wildman–Crippen MR) is 71.5 cm³/mol. The second-order valence-corrected chi connectivity index (χ2v) is 4.56. The minimum atomic E-state index is -0.219. The van der Waals surface area contributed by atoms with Gasteiger partial charge in [0.05, 0.1) is 19.0 Å². The number of aromatic nitrogens is 1. The Morgan fingerprint density at radius 2 is 2.06 bits per heavy atom. The van der Waals surface area contributed by atoms with E-state index in [4.69, 9.17) is 4.74 Å². The highest BCUT2D eigenvalue weighted by atomic mass is 32.1. The third-order valence-corrected chi connectivity index (χ3v) is 3.37. The number of methoxy groups -OCH3 is 1. The molecule has 18 heavy (non-hydrogen) atoms. The molecule has 94 valence electrons. The van der Waals surface area contributed by atoms with Gasteiger partial charge in [0.1, 0.15) is 10.6 Å². The predicted octanol–water partition coefficient (Wildman–Crippen LogP) is 1.91. The molecule has 0 atom stereocenters. The van der Waals surface area contributed by atoms with Gasteiger partial charge in [0.25, 0.3) is 0 Å². The maximum Gasteiger partial charge on any atom is 0.310 e. The Labute approximate surface area is 108 Å². The zero-order valence-electron chi connectivity index (χ0n) is 9.95. The van der Waals surface area contributed by atoms with E-state index in [1.165, 1.54) is 17.8 Å². The highest BCUT2D eigenvalue weighted by Gasteiger charge is 2.08. The van der Waals surface area contributed by atoms with Gasteiger partial charge in [-0.25, -0.2) is 0 Å². The summed E-state index contributed by atoms with van der Waals surface area (Å²) >= 11 is 0.951. The lowest BCUT2D eigenvalue weighted by atomic mass is 10.3. The lowest BCUT2D eigenvalue weighted by molar-refractivity contribution is 0.415. The fraction of sp³-hybridized carbons (Fsp3) is 0.167. The van der Waals surface area contributed by atoms with E-state index < -0.39 is 0 Å². The summed E-state index contributed by atoms with van der Waals surface area (Å²) in [6.07, 6.45) is 1.48. The number of ether oxygens (including phenoxy) is 1. The lowest BCUT2D eigenvalue weighted by Gasteiger charge is -1.98. The van der Waals surface area contributed by atoms with Gasteiger partial charge < -0.3 is 9.84 Å². The number of rotatable bonds is 3. The van der Waals surface area contributed by atoms with Crippen molar-refractivity contribution in [2.45, 2.75) is 0 Å². The van der Waals surface area contributed by atoms with Crippen LogP contribution in [-0.2, 0) is 7.05 Å². The standard InChI is InChI=1S/C12H12N2O3S/c1-14-11(15)10(18-12(14)16)7-13-8-3-5-9(17-2)6-4-8/h3-7,15H,1-2H3. The van der Waals surface area contributed by atoms with Crippen LogP contribution in [0.2, 0.25) is 0 Å². The fourth-order valence-corrected chi connectivity index (χ4v) is 2.09. The van der Waals surface area contributed by atoms with Crippen molar-refractivity contribution in [1.29, 1.82) is 0 Å². The van der Waals surface area contributed by atoms with Crippen LogP contribution in [0, 0.1) is 0 Å². The van der Waals surface area contributed by atoms with E-state index in [0.717, 1.165) is 22.8 Å². The highest BCUT2D eigenvalue weighted by molar-refractivity contribution is 7.11. The molecule has 2 rings (SSSR count). The number of nitrogens with zero attached hydrogens (tertiary/aromatic N) is 2. The Kier molecular flexibility index (Phi) is 3.47. The van der Waals surface area contributed by atoms with Crippen molar-refractivity contribution in [1.82, 2.24) is 4.57 Å². The topological polar surface area (TPSA) is 63.8 Å². The minimum Gasteiger partial charge on any atom is -0.497 e. The summed E-state index contributed by atoms with van der Waals surface area (Å²) < 4.78 is 6.22. The van der Waals surface area contributed by atoms with Gasteiger partial charge in [0, 0.05) is 7.05 Å². The molecule has 0 saturated carbocycles. The third-order valence-electron chi connectivity index (χ3n) is 2.41. The van der Waals surface area contributed by atoms with E-state index in [2.05, 4.69) is 4.99 Å². The van der Waals surface area contributed by atoms with Gasteiger partial charge in [-0.05, 0) is 24.3 Å². The minimum absolute atomic E-state index is 0.0674. The lowest BCUT2D eigenvalue weighted by Crippen LogP contribution is -2.05. The molecule has 0 amide bonds. The van der Waals surface area contributed by atoms with Crippen LogP contribution in [0.3, 0.4) is 0 Å². The number of hydrogen-bond acceptors (Lipinski definition) is 5. The SMILES string of the molecule is COc1ccc(N=Cc2sc(=O)n(C)c2O)cc1. The first-order valence-corrected chi connectivity index (χ1v) is 6.00. The molecule has 2 aromatic rings. The van der Waals surface area contributed by atoms with E-state index in [1.54, 1.807) is 31.4 Å². The monoisotopic (exact) mass is 264 g/mol. The summed E-state index contributed by atoms with van der Waals surface area (Å²) in [4.78, 5) is 15.7. The molecule has 0 unspecified atom stereocenters. The van der Waals surface area contributed by atoms with Crippen molar-refractivity contribution in [3.05, 3.63) is 38.8 Å². The summed E-state index contributed by atoms with van der Waals surface area (Å²) in [5.74, 6) is 0.684. The number of thiazole rings is 1. The highest BCUT2D eigenvalue weighted by Crippen LogP contribution is 2.20. The molecular weight excluding hydrogens is 252 g/mol. The maximum atomic E-state index is 11.3. The average Bonchev–Trinajstić information content (AvgIpc) is 2.64. The van der Waals surface area contributed by atoms with Crippen molar-refractivity contribution in [2.75, 3.05) is 7.11 Å². The van der Waals surface area contributed by atoms with Gasteiger partial charge >= 0.3 is 4.87 Å². The van der Waals surface area contributed by atoms with E-state index in [1.807, 2.05) is 0 Å². The average molecular weight is 264 g/mol. The molecule has 0 bridgehead atoms. The second-order valence-electron chi connectivity index (χ2n) is 3.57. The quantitative estimate of drug-likeness (QED) is 0.861. The summed E-state index contributed by atoms with van der Waals surface area (Å²) in [6.45, 7) is 0. The Morgan fingerprint density at radius 3 is 2.56 bits per heavy atom. The zero-order valence-corrected chi connectivity index (χ0v) is 10.8. The van der Waals surface area contributed by atoms with Crippen LogP contribution in [0.5, 0.6) is 11.6 Å². The van der Waals surface area contributed by atoms with Crippen molar-refractivity contribution < 1.29 is 9.84 Å². The second kappa shape index (κ2) is 5.05. The number of hydrogen-bond donors (Lipinski definition) is 1. The van der Waals surface area contributed by atoms with Gasteiger partial charge in [0.2, 0.25) is 5.88 Å². The zero-order chi connectivity index (χ0) is 13.1. The van der Waals surface area contributed by atoms with Crippen molar-refractivity contribution in [3.8, 4) is 11.6 Å². The molecular formula is C12H12N2O3S. The van der Waals surface area contributed by atoms with Crippen molar-refractivity contribution in [2.24, 2.45) is 12.0 Å². The van der Waals surface area contributed by atoms with E-state index in [-0.39, 0.29) is 10.8 Å². The largest absolute Gasteiger partial charge is 0.497 e. The van der Waals surface area contributed by atoms with Crippen LogP contribution in [-0.4, -0.2) is 23.0 Å². The summed E-state index contributed by atoms with van der Waals surface area (Å²) in [5, 5.41) is 9.64. The first kappa shape index (κ1) is 12.4. The molecule has 0 fully saturated rings. The molecule has 0 saturated heterocycles. The summed E-state index contributed by atoms with van der Waals surface area (Å²) in [7, 11) is 3.11. The van der Waals surface area contributed by atoms with Crippen LogP contribution in [0.4, 0.5) is 5.69 Å². The molecule has 5 nitrogen and oxygen atoms in total. The van der Waals surface area contributed by atoms with Gasteiger partial charge in [-0.2, -0.15) is 0 Å². The van der Waals surface area contributed by atoms with Crippen LogP contribution < -0.4 is 9.61 Å². The molecule has 0 aliphatic rings. The molecule has 1 N–H and O–H groups in total. The fourth-order valence-electron chi connectivity index (χ4n) is 1.35. The first-order chi connectivity index (χ1) is 8.61. The molecule has 1 aromatic carbocycles. The van der Waals surface area contributed by atoms with Gasteiger partial charge in [-0.15, -0.1) is 0 Å². The molecule has 1 heterocycles. The number of aliphatic imine (C=N–C) groups is 1. The van der Waals surface area contributed by atoms with E-state index in [0.29, 0.717) is 4.88 Å². The van der Waals surface area contributed by atoms with Gasteiger partial charge in [-0.1, -0.05) is 11.3 Å². The number of aromatic hydroxyl groups is 1. The van der Waals surface area contributed by atoms with Crippen LogP contribution in [0.15, 0.2) is 34.1 Å². The van der Waals surface area contributed by atoms with Gasteiger partial charge in [0.15, 0.2) is 0 Å². The summed E-state index contributed by atoms with van der Waals surface area (Å²) in [6, 6.07) is 7.16. The van der Waals surface area contributed by atoms with Crippen LogP contribution >= 0.6 is 11.3 Å². The normalized spacial score (nSPS) is 11.0. The van der Waals surface area contributed by atoms with Crippen LogP contribution in [0.1, 0.15) is 4.88 Å². The molecule has 1 aromatic heterocycles. The summed E-state index contributed by atoms with van der Waals surface area (Å²) in [5.41, 5.74) is 0.721. The molecule has 0 aliphatic carbocycles. The van der Waals surface area contributed by atoms with Crippen LogP contribution in [0.25, 0.3) is 0 Å². The molecule has 0 radical (unpaired) electrons. The molecule has 0 aliphatic heterocycles. The third kappa shape index (κ3) is 2.43. The Bertz CT molecular complexity index is 626. The maximum absolute atomic E-state index is 11.3. The first-order valence-electron chi connectivity index (χ1n) is 5.18. The Balaban J connectivity index is 2.24. The van der Waals surface area contributed by atoms with Crippen molar-refractivity contribution in [3.63, 3.8) is 0 Å². The Morgan fingerprint density at radius 1 is 1.39 bits per heavy atom. The smallest absolute Gasteiger partial charge is 0.310 e. The van der Waals surface area contributed by atoms with Gasteiger partial charge in [-0.3, -0.25) is 14.4 Å². The number of benzene rings is 1. The van der Waals surface area contributed by atoms with Crippen molar-refractivity contribution >= 4 is 23.2 Å². The Hall–Kier alpha value is -2.08. The molecule has 0 spiro atoms.